The summed E-state index contributed by atoms with van der Waals surface area (Å²) in [6.45, 7) is 3.77. The van der Waals surface area contributed by atoms with Gasteiger partial charge in [0.2, 0.25) is 0 Å². The van der Waals surface area contributed by atoms with Gasteiger partial charge in [0, 0.05) is 11.6 Å². The summed E-state index contributed by atoms with van der Waals surface area (Å²) in [6, 6.07) is 3.22. The van der Waals surface area contributed by atoms with Crippen LogP contribution >= 0.6 is 0 Å². The summed E-state index contributed by atoms with van der Waals surface area (Å²) in [7, 11) is 0. The minimum atomic E-state index is -4.61. The van der Waals surface area contributed by atoms with Gasteiger partial charge in [-0.3, -0.25) is 9.48 Å². The lowest BCUT2D eigenvalue weighted by Gasteiger charge is -2.13. The Kier molecular flexibility index (Phi) is 4.02. The van der Waals surface area contributed by atoms with E-state index in [1.807, 2.05) is 13.8 Å². The molecular weight excluding hydrogens is 285 g/mol. The summed E-state index contributed by atoms with van der Waals surface area (Å²) in [5.74, 6) is -0.163. The Morgan fingerprint density at radius 1 is 1.33 bits per heavy atom. The first kappa shape index (κ1) is 15.1. The molecule has 0 saturated carbocycles. The largest absolute Gasteiger partial charge is 0.453 e. The van der Waals surface area contributed by atoms with E-state index in [0.717, 1.165) is 12.1 Å². The average molecular weight is 298 g/mol. The van der Waals surface area contributed by atoms with Crippen molar-refractivity contribution in [3.8, 4) is 11.5 Å². The van der Waals surface area contributed by atoms with Crippen molar-refractivity contribution >= 4 is 6.29 Å². The molecule has 0 bridgehead atoms. The van der Waals surface area contributed by atoms with Gasteiger partial charge in [-0.15, -0.1) is 0 Å². The Morgan fingerprint density at radius 2 is 2.05 bits per heavy atom. The summed E-state index contributed by atoms with van der Waals surface area (Å²) in [5.41, 5.74) is -1.06. The molecule has 0 atom stereocenters. The number of hydrogen-bond acceptors (Lipinski definition) is 3. The summed E-state index contributed by atoms with van der Waals surface area (Å²) in [4.78, 5) is 10.6. The van der Waals surface area contributed by atoms with Crippen LogP contribution in [-0.4, -0.2) is 16.1 Å². The molecule has 0 aliphatic carbocycles. The van der Waals surface area contributed by atoms with Gasteiger partial charge in [0.25, 0.3) is 0 Å². The van der Waals surface area contributed by atoms with Crippen LogP contribution in [-0.2, 0) is 6.18 Å². The molecule has 0 saturated heterocycles. The first-order chi connectivity index (χ1) is 9.81. The highest BCUT2D eigenvalue weighted by Gasteiger charge is 2.35. The number of aldehydes is 1. The number of hydrogen-bond donors (Lipinski definition) is 0. The number of benzene rings is 1. The fourth-order valence-corrected chi connectivity index (χ4v) is 1.71. The molecule has 21 heavy (non-hydrogen) atoms. The highest BCUT2D eigenvalue weighted by molar-refractivity contribution is 5.75. The molecule has 0 N–H and O–H groups in total. The second-order valence-corrected chi connectivity index (χ2v) is 4.72. The molecule has 4 nitrogen and oxygen atoms in total. The zero-order valence-corrected chi connectivity index (χ0v) is 11.4. The number of alkyl halides is 3. The minimum Gasteiger partial charge on any atom is -0.453 e. The summed E-state index contributed by atoms with van der Waals surface area (Å²) < 4.78 is 45.8. The van der Waals surface area contributed by atoms with Gasteiger partial charge >= 0.3 is 6.18 Å². The minimum absolute atomic E-state index is 0.0625. The molecule has 0 aliphatic rings. The third kappa shape index (κ3) is 3.42. The predicted octanol–water partition coefficient (Wildman–Crippen LogP) is 4.09. The van der Waals surface area contributed by atoms with Gasteiger partial charge in [-0.1, -0.05) is 0 Å². The van der Waals surface area contributed by atoms with E-state index < -0.39 is 11.7 Å². The van der Waals surface area contributed by atoms with Crippen molar-refractivity contribution in [1.82, 2.24) is 9.78 Å². The van der Waals surface area contributed by atoms with Crippen LogP contribution in [0.2, 0.25) is 0 Å². The van der Waals surface area contributed by atoms with Crippen molar-refractivity contribution in [1.29, 1.82) is 0 Å². The number of ether oxygens (including phenoxy) is 1. The van der Waals surface area contributed by atoms with Crippen molar-refractivity contribution in [3.63, 3.8) is 0 Å². The molecule has 0 fully saturated rings. The second kappa shape index (κ2) is 5.59. The Morgan fingerprint density at radius 3 is 2.57 bits per heavy atom. The van der Waals surface area contributed by atoms with Gasteiger partial charge in [0.15, 0.2) is 5.75 Å². The summed E-state index contributed by atoms with van der Waals surface area (Å²) >= 11 is 0. The van der Waals surface area contributed by atoms with E-state index in [0.29, 0.717) is 6.29 Å². The molecule has 7 heteroatoms. The Bertz CT molecular complexity index is 648. The van der Waals surface area contributed by atoms with Crippen LogP contribution in [0.5, 0.6) is 11.5 Å². The zero-order chi connectivity index (χ0) is 15.6. The lowest BCUT2D eigenvalue weighted by atomic mass is 10.1. The maximum atomic E-state index is 13.0. The standard InChI is InChI=1S/C14H13F3N2O2/c1-9(2)19-7-11(6-18-19)21-13-4-3-10(8-20)5-12(13)14(15,16)17/h3-9H,1-2H3. The molecule has 1 aromatic carbocycles. The number of carbonyl (C=O) groups is 1. The number of carbonyl (C=O) groups excluding carboxylic acids is 1. The number of aromatic nitrogens is 2. The fraction of sp³-hybridized carbons (Fsp3) is 0.286. The van der Waals surface area contributed by atoms with Gasteiger partial charge in [-0.25, -0.2) is 0 Å². The Labute approximate surface area is 119 Å². The first-order valence-corrected chi connectivity index (χ1v) is 6.19. The van der Waals surface area contributed by atoms with Crippen LogP contribution in [0.4, 0.5) is 13.2 Å². The quantitative estimate of drug-likeness (QED) is 0.799. The lowest BCUT2D eigenvalue weighted by Crippen LogP contribution is -2.08. The van der Waals surface area contributed by atoms with Gasteiger partial charge in [0.1, 0.15) is 12.0 Å². The topological polar surface area (TPSA) is 44.1 Å². The van der Waals surface area contributed by atoms with Crippen LogP contribution in [0.15, 0.2) is 30.6 Å². The van der Waals surface area contributed by atoms with Crippen LogP contribution in [0.25, 0.3) is 0 Å². The van der Waals surface area contributed by atoms with Crippen molar-refractivity contribution in [2.24, 2.45) is 0 Å². The van der Waals surface area contributed by atoms with Crippen LogP contribution in [0.3, 0.4) is 0 Å². The second-order valence-electron chi connectivity index (χ2n) is 4.72. The number of halogens is 3. The van der Waals surface area contributed by atoms with E-state index in [9.17, 15) is 18.0 Å². The molecule has 112 valence electrons. The Hall–Kier alpha value is -2.31. The molecule has 1 aromatic heterocycles. The molecule has 1 heterocycles. The number of rotatable bonds is 4. The van der Waals surface area contributed by atoms with E-state index in [-0.39, 0.29) is 23.1 Å². The fourth-order valence-electron chi connectivity index (χ4n) is 1.71. The molecular formula is C14H13F3N2O2. The average Bonchev–Trinajstić information content (AvgIpc) is 2.86. The van der Waals surface area contributed by atoms with Crippen LogP contribution in [0.1, 0.15) is 35.8 Å². The van der Waals surface area contributed by atoms with E-state index in [1.165, 1.54) is 18.5 Å². The summed E-state index contributed by atoms with van der Waals surface area (Å²) in [5, 5.41) is 3.99. The van der Waals surface area contributed by atoms with Crippen LogP contribution < -0.4 is 4.74 Å². The lowest BCUT2D eigenvalue weighted by molar-refractivity contribution is -0.138. The van der Waals surface area contributed by atoms with Crippen molar-refractivity contribution in [2.75, 3.05) is 0 Å². The molecule has 2 aromatic rings. The normalized spacial score (nSPS) is 11.7. The van der Waals surface area contributed by atoms with Crippen LogP contribution in [0, 0.1) is 0 Å². The van der Waals surface area contributed by atoms with E-state index in [4.69, 9.17) is 4.74 Å². The smallest absolute Gasteiger partial charge is 0.420 e. The molecule has 2 rings (SSSR count). The molecule has 0 radical (unpaired) electrons. The third-order valence-electron chi connectivity index (χ3n) is 2.78. The first-order valence-electron chi connectivity index (χ1n) is 6.19. The van der Waals surface area contributed by atoms with Gasteiger partial charge in [-0.05, 0) is 32.0 Å². The van der Waals surface area contributed by atoms with Crippen molar-refractivity contribution < 1.29 is 22.7 Å². The maximum absolute atomic E-state index is 13.0. The van der Waals surface area contributed by atoms with Gasteiger partial charge in [0.05, 0.1) is 18.0 Å². The summed E-state index contributed by atoms with van der Waals surface area (Å²) in [6.07, 6.45) is -1.40. The van der Waals surface area contributed by atoms with Gasteiger partial charge in [-0.2, -0.15) is 18.3 Å². The van der Waals surface area contributed by atoms with Crippen molar-refractivity contribution in [3.05, 3.63) is 41.7 Å². The molecule has 0 aliphatic heterocycles. The van der Waals surface area contributed by atoms with E-state index in [2.05, 4.69) is 5.10 Å². The predicted molar refractivity (Wildman–Crippen MR) is 69.5 cm³/mol. The Balaban J connectivity index is 2.36. The molecule has 0 spiro atoms. The third-order valence-corrected chi connectivity index (χ3v) is 2.78. The van der Waals surface area contributed by atoms with E-state index >= 15 is 0 Å². The highest BCUT2D eigenvalue weighted by atomic mass is 19.4. The maximum Gasteiger partial charge on any atom is 0.420 e. The van der Waals surface area contributed by atoms with E-state index in [1.54, 1.807) is 4.68 Å². The monoisotopic (exact) mass is 298 g/mol. The highest BCUT2D eigenvalue weighted by Crippen LogP contribution is 2.38. The zero-order valence-electron chi connectivity index (χ0n) is 11.4. The molecule has 0 amide bonds. The SMILES string of the molecule is CC(C)n1cc(Oc2ccc(C=O)cc2C(F)(F)F)cn1. The number of nitrogens with zero attached hydrogens (tertiary/aromatic N) is 2. The van der Waals surface area contributed by atoms with Gasteiger partial charge < -0.3 is 4.74 Å². The molecule has 0 unspecified atom stereocenters. The van der Waals surface area contributed by atoms with Crippen molar-refractivity contribution in [2.45, 2.75) is 26.1 Å².